The first-order valence-electron chi connectivity index (χ1n) is 11.0. The van der Waals surface area contributed by atoms with Gasteiger partial charge in [-0.05, 0) is 41.5 Å². The number of halogens is 1. The molecule has 2 nitrogen and oxygen atoms in total. The molecule has 0 radical (unpaired) electrons. The number of anilines is 1. The van der Waals surface area contributed by atoms with E-state index in [4.69, 9.17) is 0 Å². The van der Waals surface area contributed by atoms with Crippen molar-refractivity contribution in [3.63, 3.8) is 0 Å². The van der Waals surface area contributed by atoms with E-state index >= 15 is 0 Å². The summed E-state index contributed by atoms with van der Waals surface area (Å²) in [7, 11) is 6.33. The van der Waals surface area contributed by atoms with Gasteiger partial charge in [0.15, 0.2) is 0 Å². The van der Waals surface area contributed by atoms with Crippen molar-refractivity contribution >= 4 is 28.2 Å². The van der Waals surface area contributed by atoms with Crippen LogP contribution < -0.4 is 17.3 Å². The molecule has 0 amide bonds. The van der Waals surface area contributed by atoms with Gasteiger partial charge in [0, 0.05) is 37.0 Å². The highest BCUT2D eigenvalue weighted by Gasteiger charge is 2.36. The summed E-state index contributed by atoms with van der Waals surface area (Å²) >= 11 is 0. The van der Waals surface area contributed by atoms with E-state index in [0.717, 1.165) is 0 Å². The second-order valence-corrected chi connectivity index (χ2v) is 8.35. The minimum Gasteiger partial charge on any atom is -1.00 e. The summed E-state index contributed by atoms with van der Waals surface area (Å²) in [6.07, 6.45) is 0. The average Bonchev–Trinajstić information content (AvgIpc) is 3.13. The molecule has 1 aliphatic heterocycles. The summed E-state index contributed by atoms with van der Waals surface area (Å²) in [5.74, 6) is 0. The van der Waals surface area contributed by atoms with E-state index in [1.165, 1.54) is 50.5 Å². The van der Waals surface area contributed by atoms with E-state index in [1.807, 2.05) is 0 Å². The lowest BCUT2D eigenvalue weighted by Gasteiger charge is -2.16. The molecule has 0 atom stereocenters. The average molecular weight is 451 g/mol. The van der Waals surface area contributed by atoms with Gasteiger partial charge >= 0.3 is 0 Å². The molecule has 4 aromatic carbocycles. The Morgan fingerprint density at radius 2 is 1.18 bits per heavy atom. The van der Waals surface area contributed by atoms with E-state index in [2.05, 4.69) is 140 Å². The van der Waals surface area contributed by atoms with Crippen LogP contribution in [-0.2, 0) is 0 Å². The van der Waals surface area contributed by atoms with Crippen LogP contribution in [0.1, 0.15) is 22.3 Å². The lowest BCUT2D eigenvalue weighted by Crippen LogP contribution is -3.00. The van der Waals surface area contributed by atoms with Crippen molar-refractivity contribution in [2.24, 2.45) is 0 Å². The Kier molecular flexibility index (Phi) is 6.48. The van der Waals surface area contributed by atoms with Gasteiger partial charge in [-0.25, -0.2) is 0 Å². The molecule has 33 heavy (non-hydrogen) atoms. The number of nitrogens with zero attached hydrogens (tertiary/aromatic N) is 2. The molecular formula is C30H27ClN2. The fraction of sp³-hybridized carbons (Fsp3) is 0.100. The Hall–Kier alpha value is -3.62. The maximum Gasteiger partial charge on any atom is 0.221 e. The van der Waals surface area contributed by atoms with Crippen LogP contribution >= 0.6 is 0 Å². The Morgan fingerprint density at radius 3 is 1.82 bits per heavy atom. The van der Waals surface area contributed by atoms with Crippen molar-refractivity contribution in [3.05, 3.63) is 131 Å². The van der Waals surface area contributed by atoms with Gasteiger partial charge in [-0.15, -0.1) is 0 Å². The number of benzene rings is 4. The van der Waals surface area contributed by atoms with E-state index in [-0.39, 0.29) is 12.4 Å². The number of hydrogen-bond donors (Lipinski definition) is 0. The molecule has 0 saturated heterocycles. The Labute approximate surface area is 202 Å². The van der Waals surface area contributed by atoms with Crippen LogP contribution in [0, 0.1) is 0 Å². The second-order valence-electron chi connectivity index (χ2n) is 8.35. The lowest BCUT2D eigenvalue weighted by molar-refractivity contribution is -0.400. The van der Waals surface area contributed by atoms with Gasteiger partial charge in [0.05, 0.1) is 11.1 Å². The van der Waals surface area contributed by atoms with Crippen molar-refractivity contribution in [2.75, 3.05) is 26.0 Å². The van der Waals surface area contributed by atoms with E-state index in [9.17, 15) is 0 Å². The molecule has 164 valence electrons. The summed E-state index contributed by atoms with van der Waals surface area (Å²) in [5.41, 5.74) is 11.1. The van der Waals surface area contributed by atoms with Crippen LogP contribution in [0.2, 0.25) is 0 Å². The molecular weight excluding hydrogens is 424 g/mol. The third kappa shape index (κ3) is 4.10. The van der Waals surface area contributed by atoms with Gasteiger partial charge in [0.2, 0.25) is 11.4 Å². The van der Waals surface area contributed by atoms with Crippen LogP contribution in [-0.4, -0.2) is 31.4 Å². The van der Waals surface area contributed by atoms with Crippen LogP contribution in [0.4, 0.5) is 11.4 Å². The highest BCUT2D eigenvalue weighted by molar-refractivity contribution is 6.38. The number of hydrogen-bond acceptors (Lipinski definition) is 1. The highest BCUT2D eigenvalue weighted by Crippen LogP contribution is 2.42. The minimum atomic E-state index is 0. The monoisotopic (exact) mass is 450 g/mol. The Bertz CT molecular complexity index is 1320. The SMILES string of the molecule is CN(C)c1ccc(C(=C2C(c3ccccc3)=[N+](C)c3ccccc32)c2ccccc2)cc1.[Cl-]. The van der Waals surface area contributed by atoms with Crippen LogP contribution in [0.15, 0.2) is 109 Å². The molecule has 0 aromatic heterocycles. The zero-order valence-corrected chi connectivity index (χ0v) is 19.9. The third-order valence-corrected chi connectivity index (χ3v) is 6.14. The standard InChI is InChI=1S/C30H27N2.ClH/c1-31(2)25-20-18-23(19-21-25)28(22-12-6-4-7-13-22)29-26-16-10-11-17-27(26)32(3)30(29)24-14-8-5-9-15-24;/h4-21H,1-3H3;1H/q+1;/p-1. The topological polar surface area (TPSA) is 6.25 Å². The second kappa shape index (κ2) is 9.48. The van der Waals surface area contributed by atoms with Crippen LogP contribution in [0.5, 0.6) is 0 Å². The molecule has 0 aliphatic carbocycles. The molecule has 1 heterocycles. The molecule has 0 spiro atoms. The zero-order valence-electron chi connectivity index (χ0n) is 19.2. The maximum absolute atomic E-state index is 2.33. The molecule has 3 heteroatoms. The molecule has 0 bridgehead atoms. The predicted octanol–water partition coefficient (Wildman–Crippen LogP) is 3.49. The van der Waals surface area contributed by atoms with Gasteiger partial charge in [0.1, 0.15) is 7.05 Å². The maximum atomic E-state index is 2.33. The smallest absolute Gasteiger partial charge is 0.221 e. The Balaban J connectivity index is 0.00000259. The van der Waals surface area contributed by atoms with E-state index in [1.54, 1.807) is 0 Å². The molecule has 0 fully saturated rings. The van der Waals surface area contributed by atoms with Crippen LogP contribution in [0.3, 0.4) is 0 Å². The number of allylic oxidation sites excluding steroid dienone is 1. The zero-order chi connectivity index (χ0) is 22.1. The minimum absolute atomic E-state index is 0. The molecule has 1 aliphatic rings. The first-order chi connectivity index (χ1) is 15.6. The summed E-state index contributed by atoms with van der Waals surface area (Å²) < 4.78 is 2.33. The van der Waals surface area contributed by atoms with Gasteiger partial charge in [-0.1, -0.05) is 72.8 Å². The fourth-order valence-electron chi connectivity index (χ4n) is 4.57. The van der Waals surface area contributed by atoms with E-state index < -0.39 is 0 Å². The third-order valence-electron chi connectivity index (χ3n) is 6.14. The highest BCUT2D eigenvalue weighted by atomic mass is 35.5. The summed E-state index contributed by atoms with van der Waals surface area (Å²) in [6.45, 7) is 0. The molecule has 4 aromatic rings. The van der Waals surface area contributed by atoms with Crippen molar-refractivity contribution in [1.82, 2.24) is 0 Å². The number of rotatable bonds is 4. The summed E-state index contributed by atoms with van der Waals surface area (Å²) in [6, 6.07) is 39.1. The van der Waals surface area contributed by atoms with Crippen molar-refractivity contribution in [3.8, 4) is 0 Å². The fourth-order valence-corrected chi connectivity index (χ4v) is 4.57. The summed E-state index contributed by atoms with van der Waals surface area (Å²) in [4.78, 5) is 2.14. The molecule has 0 saturated carbocycles. The molecule has 0 unspecified atom stereocenters. The lowest BCUT2D eigenvalue weighted by atomic mass is 9.86. The summed E-state index contributed by atoms with van der Waals surface area (Å²) in [5, 5.41) is 0. The first-order valence-corrected chi connectivity index (χ1v) is 11.0. The van der Waals surface area contributed by atoms with Gasteiger partial charge < -0.3 is 17.3 Å². The first kappa shape index (κ1) is 22.6. The van der Waals surface area contributed by atoms with Crippen molar-refractivity contribution < 1.29 is 17.0 Å². The molecule has 5 rings (SSSR count). The normalized spacial score (nSPS) is 13.9. The van der Waals surface area contributed by atoms with Gasteiger partial charge in [0.25, 0.3) is 0 Å². The number of fused-ring (bicyclic) bond motifs is 1. The van der Waals surface area contributed by atoms with Gasteiger partial charge in [-0.3, -0.25) is 0 Å². The van der Waals surface area contributed by atoms with E-state index in [0.29, 0.717) is 0 Å². The Morgan fingerprint density at radius 1 is 0.636 bits per heavy atom. The largest absolute Gasteiger partial charge is 1.00 e. The quantitative estimate of drug-likeness (QED) is 0.431. The van der Waals surface area contributed by atoms with Crippen molar-refractivity contribution in [2.45, 2.75) is 0 Å². The predicted molar refractivity (Wildman–Crippen MR) is 136 cm³/mol. The van der Waals surface area contributed by atoms with Crippen molar-refractivity contribution in [1.29, 1.82) is 0 Å². The van der Waals surface area contributed by atoms with Crippen LogP contribution in [0.25, 0.3) is 11.1 Å². The van der Waals surface area contributed by atoms with Gasteiger partial charge in [-0.2, -0.15) is 4.58 Å². The molecule has 0 N–H and O–H groups in total. The number of para-hydroxylation sites is 1.